The second-order valence-electron chi connectivity index (χ2n) is 8.11. The van der Waals surface area contributed by atoms with E-state index in [0.717, 1.165) is 11.3 Å². The molecule has 1 aliphatic heterocycles. The number of carbonyl (C=O) groups excluding carboxylic acids is 2. The molecule has 0 unspecified atom stereocenters. The van der Waals surface area contributed by atoms with Crippen molar-refractivity contribution < 1.29 is 23.8 Å². The molecule has 0 saturated carbocycles. The van der Waals surface area contributed by atoms with Gasteiger partial charge in [0.15, 0.2) is 11.5 Å². The van der Waals surface area contributed by atoms with Gasteiger partial charge in [0.25, 0.3) is 0 Å². The molecule has 8 heteroatoms. The molecule has 1 fully saturated rings. The van der Waals surface area contributed by atoms with Gasteiger partial charge >= 0.3 is 0 Å². The fraction of sp³-hybridized carbons (Fsp3) is 0.458. The number of carbonyl (C=O) groups is 2. The summed E-state index contributed by atoms with van der Waals surface area (Å²) in [6, 6.07) is 9.28. The van der Waals surface area contributed by atoms with Crippen LogP contribution < -0.4 is 19.5 Å². The first-order chi connectivity index (χ1) is 15.4. The van der Waals surface area contributed by atoms with Gasteiger partial charge < -0.3 is 24.4 Å². The summed E-state index contributed by atoms with van der Waals surface area (Å²) in [4.78, 5) is 32.0. The summed E-state index contributed by atoms with van der Waals surface area (Å²) in [5, 5.41) is 2.98. The van der Waals surface area contributed by atoms with E-state index in [1.54, 1.807) is 32.4 Å². The van der Waals surface area contributed by atoms with Gasteiger partial charge in [0.2, 0.25) is 17.6 Å². The predicted molar refractivity (Wildman–Crippen MR) is 120 cm³/mol. The molecule has 0 bridgehead atoms. The van der Waals surface area contributed by atoms with Crippen molar-refractivity contribution in [3.63, 3.8) is 0 Å². The highest BCUT2D eigenvalue weighted by atomic mass is 16.5. The van der Waals surface area contributed by atoms with Gasteiger partial charge in [-0.05, 0) is 29.8 Å². The Kier molecular flexibility index (Phi) is 7.56. The van der Waals surface area contributed by atoms with Crippen LogP contribution in [0.1, 0.15) is 31.0 Å². The van der Waals surface area contributed by atoms with Crippen LogP contribution in [-0.2, 0) is 16.1 Å². The lowest BCUT2D eigenvalue weighted by Crippen LogP contribution is -2.36. The Bertz CT molecular complexity index is 923. The lowest BCUT2D eigenvalue weighted by atomic mass is 9.88. The number of aromatic nitrogens is 1. The average molecular weight is 442 g/mol. The molecular formula is C24H31N3O5. The second kappa shape index (κ2) is 10.3. The maximum Gasteiger partial charge on any atom is 0.225 e. The van der Waals surface area contributed by atoms with Crippen molar-refractivity contribution in [2.24, 2.45) is 11.8 Å². The van der Waals surface area contributed by atoms with Gasteiger partial charge in [0, 0.05) is 31.1 Å². The van der Waals surface area contributed by atoms with E-state index in [1.165, 1.54) is 0 Å². The molecule has 0 radical (unpaired) electrons. The molecule has 2 aromatic rings. The Morgan fingerprint density at radius 1 is 1.09 bits per heavy atom. The van der Waals surface area contributed by atoms with Gasteiger partial charge in [0.1, 0.15) is 0 Å². The molecule has 0 spiro atoms. The van der Waals surface area contributed by atoms with Crippen LogP contribution in [0.5, 0.6) is 17.2 Å². The Hall–Kier alpha value is -3.29. The monoisotopic (exact) mass is 441 g/mol. The van der Waals surface area contributed by atoms with Crippen LogP contribution in [0.25, 0.3) is 0 Å². The van der Waals surface area contributed by atoms with Crippen molar-refractivity contribution in [2.45, 2.75) is 26.3 Å². The number of ether oxygens (including phenoxy) is 3. The van der Waals surface area contributed by atoms with Gasteiger partial charge in [-0.2, -0.15) is 0 Å². The first kappa shape index (κ1) is 23.4. The molecule has 2 amide bonds. The largest absolute Gasteiger partial charge is 0.493 e. The van der Waals surface area contributed by atoms with Crippen molar-refractivity contribution in [1.82, 2.24) is 15.2 Å². The third-order valence-electron chi connectivity index (χ3n) is 5.75. The third-order valence-corrected chi connectivity index (χ3v) is 5.75. The number of benzene rings is 1. The Balaban J connectivity index is 1.91. The van der Waals surface area contributed by atoms with Crippen LogP contribution in [0.15, 0.2) is 36.5 Å². The van der Waals surface area contributed by atoms with Crippen molar-refractivity contribution in [3.8, 4) is 17.2 Å². The van der Waals surface area contributed by atoms with Crippen molar-refractivity contribution in [2.75, 3.05) is 34.4 Å². The zero-order valence-corrected chi connectivity index (χ0v) is 19.3. The summed E-state index contributed by atoms with van der Waals surface area (Å²) in [6.45, 7) is 4.86. The highest BCUT2D eigenvalue weighted by Crippen LogP contribution is 2.43. The number of nitrogens with zero attached hydrogens (tertiary/aromatic N) is 2. The third kappa shape index (κ3) is 4.95. The van der Waals surface area contributed by atoms with E-state index in [4.69, 9.17) is 14.2 Å². The van der Waals surface area contributed by atoms with Crippen LogP contribution in [-0.4, -0.2) is 56.1 Å². The van der Waals surface area contributed by atoms with Crippen LogP contribution in [0.3, 0.4) is 0 Å². The van der Waals surface area contributed by atoms with E-state index in [2.05, 4.69) is 10.3 Å². The van der Waals surface area contributed by atoms with Crippen molar-refractivity contribution >= 4 is 11.8 Å². The molecule has 172 valence electrons. The Morgan fingerprint density at radius 2 is 1.78 bits per heavy atom. The summed E-state index contributed by atoms with van der Waals surface area (Å²) in [7, 11) is 4.66. The first-order valence-corrected chi connectivity index (χ1v) is 10.7. The molecule has 2 atom stereocenters. The second-order valence-corrected chi connectivity index (χ2v) is 8.11. The minimum Gasteiger partial charge on any atom is -0.493 e. The van der Waals surface area contributed by atoms with Gasteiger partial charge in [-0.1, -0.05) is 19.9 Å². The lowest BCUT2D eigenvalue weighted by molar-refractivity contribution is -0.133. The molecule has 1 aromatic carbocycles. The summed E-state index contributed by atoms with van der Waals surface area (Å²) in [5.41, 5.74) is 1.63. The SMILES string of the molecule is COc1cc([C@H]2CN(C(=O)C(C)C)C[C@@H]2C(=O)NCc2ccccn2)cc(OC)c1OC. The molecule has 0 aliphatic carbocycles. The van der Waals surface area contributed by atoms with Crippen molar-refractivity contribution in [3.05, 3.63) is 47.8 Å². The fourth-order valence-corrected chi connectivity index (χ4v) is 4.08. The van der Waals surface area contributed by atoms with E-state index < -0.39 is 5.92 Å². The van der Waals surface area contributed by atoms with E-state index in [1.807, 2.05) is 44.2 Å². The summed E-state index contributed by atoms with van der Waals surface area (Å²) >= 11 is 0. The van der Waals surface area contributed by atoms with Crippen LogP contribution in [0.2, 0.25) is 0 Å². The molecule has 8 nitrogen and oxygen atoms in total. The molecule has 1 saturated heterocycles. The van der Waals surface area contributed by atoms with E-state index in [0.29, 0.717) is 36.9 Å². The zero-order chi connectivity index (χ0) is 23.3. The normalized spacial score (nSPS) is 17.9. The quantitative estimate of drug-likeness (QED) is 0.677. The minimum atomic E-state index is -0.413. The zero-order valence-electron chi connectivity index (χ0n) is 19.3. The predicted octanol–water partition coefficient (Wildman–Crippen LogP) is 2.62. The van der Waals surface area contributed by atoms with Gasteiger partial charge in [-0.15, -0.1) is 0 Å². The standard InChI is InChI=1S/C24H31N3O5/c1-15(2)24(29)27-13-18(16-10-20(30-3)22(32-5)21(11-16)31-4)19(14-27)23(28)26-12-17-8-6-7-9-25-17/h6-11,15,18-19H,12-14H2,1-5H3,(H,26,28)/t18-,19+/m1/s1. The van der Waals surface area contributed by atoms with E-state index in [-0.39, 0.29) is 23.7 Å². The van der Waals surface area contributed by atoms with Crippen LogP contribution in [0, 0.1) is 11.8 Å². The Labute approximate surface area is 188 Å². The molecular weight excluding hydrogens is 410 g/mol. The molecule has 1 aromatic heterocycles. The number of pyridine rings is 1. The maximum absolute atomic E-state index is 13.2. The number of methoxy groups -OCH3 is 3. The molecule has 3 rings (SSSR count). The number of hydrogen-bond donors (Lipinski definition) is 1. The number of hydrogen-bond acceptors (Lipinski definition) is 6. The minimum absolute atomic E-state index is 0.0301. The van der Waals surface area contributed by atoms with Crippen molar-refractivity contribution in [1.29, 1.82) is 0 Å². The first-order valence-electron chi connectivity index (χ1n) is 10.7. The summed E-state index contributed by atoms with van der Waals surface area (Å²) in [5.74, 6) is 0.662. The Morgan fingerprint density at radius 3 is 2.31 bits per heavy atom. The number of likely N-dealkylation sites (tertiary alicyclic amines) is 1. The van der Waals surface area contributed by atoms with E-state index in [9.17, 15) is 9.59 Å². The molecule has 32 heavy (non-hydrogen) atoms. The smallest absolute Gasteiger partial charge is 0.225 e. The highest BCUT2D eigenvalue weighted by Gasteiger charge is 2.41. The topological polar surface area (TPSA) is 90.0 Å². The van der Waals surface area contributed by atoms with Crippen LogP contribution >= 0.6 is 0 Å². The highest BCUT2D eigenvalue weighted by molar-refractivity contribution is 5.84. The maximum atomic E-state index is 13.2. The average Bonchev–Trinajstić information content (AvgIpc) is 3.27. The lowest BCUT2D eigenvalue weighted by Gasteiger charge is -2.21. The fourth-order valence-electron chi connectivity index (χ4n) is 4.08. The molecule has 1 N–H and O–H groups in total. The van der Waals surface area contributed by atoms with E-state index >= 15 is 0 Å². The summed E-state index contributed by atoms with van der Waals surface area (Å²) in [6.07, 6.45) is 1.69. The van der Waals surface area contributed by atoms with Gasteiger partial charge in [-0.3, -0.25) is 14.6 Å². The number of amides is 2. The van der Waals surface area contributed by atoms with Gasteiger partial charge in [0.05, 0.1) is 39.5 Å². The number of nitrogens with one attached hydrogen (secondary N) is 1. The number of rotatable bonds is 8. The van der Waals surface area contributed by atoms with Crippen LogP contribution in [0.4, 0.5) is 0 Å². The molecule has 2 heterocycles. The van der Waals surface area contributed by atoms with Gasteiger partial charge in [-0.25, -0.2) is 0 Å². The summed E-state index contributed by atoms with van der Waals surface area (Å²) < 4.78 is 16.4. The molecule has 1 aliphatic rings.